The molecule has 3 aliphatic rings. The number of hydrogen-bond acceptors (Lipinski definition) is 12. The quantitative estimate of drug-likeness (QED) is 0.188. The molecular formula is C28H30ClNO13. The summed E-state index contributed by atoms with van der Waals surface area (Å²) in [5.41, 5.74) is -4.08. The van der Waals surface area contributed by atoms with Crippen LogP contribution in [0.25, 0.3) is 0 Å². The van der Waals surface area contributed by atoms with Crippen molar-refractivity contribution in [3.8, 4) is 17.2 Å². The number of phenolic OH excluding ortho intramolecular Hbond substituents is 2. The van der Waals surface area contributed by atoms with E-state index in [0.29, 0.717) is 0 Å². The van der Waals surface area contributed by atoms with Crippen LogP contribution in [0.5, 0.6) is 17.2 Å². The number of amides is 1. The number of ketones is 3. The molecular weight excluding hydrogens is 594 g/mol. The zero-order valence-electron chi connectivity index (χ0n) is 22.9. The molecule has 2 aromatic carbocycles. The Morgan fingerprint density at radius 3 is 2.42 bits per heavy atom. The maximum atomic E-state index is 13.7. The third kappa shape index (κ3) is 5.19. The molecule has 2 aromatic rings. The second-order valence-electron chi connectivity index (χ2n) is 10.6. The predicted molar refractivity (Wildman–Crippen MR) is 146 cm³/mol. The van der Waals surface area contributed by atoms with Crippen LogP contribution in [0.2, 0.25) is 0 Å². The molecule has 232 valence electrons. The Hall–Kier alpha value is -3.79. The second-order valence-corrected chi connectivity index (χ2v) is 10.6. The van der Waals surface area contributed by atoms with Crippen molar-refractivity contribution in [1.29, 1.82) is 0 Å². The molecule has 0 aromatic heterocycles. The van der Waals surface area contributed by atoms with E-state index in [1.165, 1.54) is 32.2 Å². The molecule has 6 atom stereocenters. The van der Waals surface area contributed by atoms with Gasteiger partial charge in [-0.1, -0.05) is 12.1 Å². The van der Waals surface area contributed by atoms with Gasteiger partial charge in [0.05, 0.1) is 42.0 Å². The van der Waals surface area contributed by atoms with Crippen LogP contribution in [-0.2, 0) is 20.7 Å². The second kappa shape index (κ2) is 11.7. The van der Waals surface area contributed by atoms with Crippen LogP contribution in [0.1, 0.15) is 68.8 Å². The van der Waals surface area contributed by atoms with Gasteiger partial charge in [-0.05, 0) is 13.0 Å². The van der Waals surface area contributed by atoms with Gasteiger partial charge in [0.2, 0.25) is 5.78 Å². The fraction of sp³-hybridized carbons (Fsp3) is 0.429. The summed E-state index contributed by atoms with van der Waals surface area (Å²) in [4.78, 5) is 51.2. The fourth-order valence-electron chi connectivity index (χ4n) is 6.02. The highest BCUT2D eigenvalue weighted by molar-refractivity contribution is 6.31. The number of benzene rings is 2. The molecule has 1 heterocycles. The molecule has 5 rings (SSSR count). The molecule has 7 N–H and O–H groups in total. The smallest absolute Gasteiger partial charge is 0.404 e. The summed E-state index contributed by atoms with van der Waals surface area (Å²) in [6.45, 7) is 0.389. The molecule has 0 bridgehead atoms. The number of halogens is 1. The Balaban J connectivity index is 0.00000423. The Kier molecular flexibility index (Phi) is 8.75. The summed E-state index contributed by atoms with van der Waals surface area (Å²) >= 11 is 0. The molecule has 1 aliphatic heterocycles. The summed E-state index contributed by atoms with van der Waals surface area (Å²) in [6.07, 6.45) is -7.75. The van der Waals surface area contributed by atoms with Crippen molar-refractivity contribution < 1.29 is 64.0 Å². The van der Waals surface area contributed by atoms with Crippen molar-refractivity contribution in [2.45, 2.75) is 62.4 Å². The van der Waals surface area contributed by atoms with E-state index < -0.39 is 102 Å². The highest BCUT2D eigenvalue weighted by Crippen LogP contribution is 2.52. The van der Waals surface area contributed by atoms with Crippen LogP contribution in [0.3, 0.4) is 0 Å². The van der Waals surface area contributed by atoms with Gasteiger partial charge in [-0.15, -0.1) is 12.4 Å². The van der Waals surface area contributed by atoms with E-state index in [2.05, 4.69) is 5.32 Å². The monoisotopic (exact) mass is 623 g/mol. The molecule has 1 amide bonds. The SMILES string of the molecule is COc1cccc2c1C(=O)c1c(O)c3c(c(O)c1C2=O)C[C@@](O)(C(=O)CO)C[C@@H]3OC1CC(NC(=O)O)C(O)C(C)O1.Cl. The van der Waals surface area contributed by atoms with Crippen molar-refractivity contribution in [2.75, 3.05) is 13.7 Å². The number of carbonyl (C=O) groups excluding carboxylic acids is 3. The number of rotatable bonds is 6. The Labute approximate surface area is 250 Å². The zero-order chi connectivity index (χ0) is 30.7. The van der Waals surface area contributed by atoms with Gasteiger partial charge < -0.3 is 50.2 Å². The number of aliphatic hydroxyl groups excluding tert-OH is 2. The molecule has 43 heavy (non-hydrogen) atoms. The molecule has 0 radical (unpaired) electrons. The van der Waals surface area contributed by atoms with Crippen LogP contribution < -0.4 is 10.1 Å². The van der Waals surface area contributed by atoms with Gasteiger partial charge in [0.1, 0.15) is 35.6 Å². The number of methoxy groups -OCH3 is 1. The number of Topliss-reactive ketones (excluding diaryl/α,β-unsaturated/α-hetero) is 1. The van der Waals surface area contributed by atoms with Gasteiger partial charge in [0.15, 0.2) is 17.9 Å². The third-order valence-corrected chi connectivity index (χ3v) is 8.07. The molecule has 1 saturated heterocycles. The average Bonchev–Trinajstić information content (AvgIpc) is 2.94. The van der Waals surface area contributed by atoms with Crippen molar-refractivity contribution in [3.63, 3.8) is 0 Å². The lowest BCUT2D eigenvalue weighted by Gasteiger charge is -2.42. The first-order valence-electron chi connectivity index (χ1n) is 13.0. The van der Waals surface area contributed by atoms with Crippen molar-refractivity contribution in [2.24, 2.45) is 0 Å². The van der Waals surface area contributed by atoms with Crippen molar-refractivity contribution in [3.05, 3.63) is 51.6 Å². The maximum absolute atomic E-state index is 13.7. The van der Waals surface area contributed by atoms with E-state index in [0.717, 1.165) is 0 Å². The molecule has 4 unspecified atom stereocenters. The summed E-state index contributed by atoms with van der Waals surface area (Å²) in [5, 5.41) is 65.5. The lowest BCUT2D eigenvalue weighted by Crippen LogP contribution is -2.55. The minimum Gasteiger partial charge on any atom is -0.507 e. The van der Waals surface area contributed by atoms with Crippen LogP contribution in [0.15, 0.2) is 18.2 Å². The molecule has 0 spiro atoms. The molecule has 1 fully saturated rings. The van der Waals surface area contributed by atoms with Gasteiger partial charge in [-0.2, -0.15) is 0 Å². The van der Waals surface area contributed by atoms with E-state index >= 15 is 0 Å². The Morgan fingerprint density at radius 2 is 1.79 bits per heavy atom. The summed E-state index contributed by atoms with van der Waals surface area (Å²) in [5.74, 6) is -4.11. The molecule has 2 aliphatic carbocycles. The standard InChI is InChI=1S/C28H29NO13.ClH/c1-10-22(32)13(29-27(37)38)6-17(41-10)42-15-8-28(39,16(31)9-30)7-12-19(15)26(36)21-20(24(12)34)23(33)11-4-3-5-14(40-2)18(11)25(21)35;/h3-5,10,13,15,17,22,29-30,32,34,36,39H,6-9H2,1-2H3,(H,37,38);1H/t10?,13?,15-,17?,22?,28-;/m0./s1. The average molecular weight is 624 g/mol. The normalized spacial score (nSPS) is 27.7. The summed E-state index contributed by atoms with van der Waals surface area (Å²) in [6, 6.07) is 3.24. The number of aromatic hydroxyl groups is 2. The lowest BCUT2D eigenvalue weighted by atomic mass is 9.72. The Morgan fingerprint density at radius 1 is 1.12 bits per heavy atom. The number of carbonyl (C=O) groups is 4. The van der Waals surface area contributed by atoms with E-state index in [1.807, 2.05) is 0 Å². The van der Waals surface area contributed by atoms with E-state index in [1.54, 1.807) is 0 Å². The minimum absolute atomic E-state index is 0. The van der Waals surface area contributed by atoms with Crippen LogP contribution in [-0.4, -0.2) is 97.9 Å². The number of phenols is 2. The first-order valence-corrected chi connectivity index (χ1v) is 13.0. The number of carboxylic acid groups (broad SMARTS) is 1. The van der Waals surface area contributed by atoms with E-state index in [4.69, 9.17) is 14.2 Å². The summed E-state index contributed by atoms with van der Waals surface area (Å²) in [7, 11) is 1.30. The molecule has 14 nitrogen and oxygen atoms in total. The number of aliphatic hydroxyl groups is 3. The fourth-order valence-corrected chi connectivity index (χ4v) is 6.02. The zero-order valence-corrected chi connectivity index (χ0v) is 23.7. The van der Waals surface area contributed by atoms with Gasteiger partial charge >= 0.3 is 6.09 Å². The molecule has 15 heteroatoms. The highest BCUT2D eigenvalue weighted by atomic mass is 35.5. The lowest BCUT2D eigenvalue weighted by molar-refractivity contribution is -0.249. The predicted octanol–water partition coefficient (Wildman–Crippen LogP) is 0.732. The number of fused-ring (bicyclic) bond motifs is 3. The minimum atomic E-state index is -2.33. The number of nitrogens with one attached hydrogen (secondary N) is 1. The number of hydrogen-bond donors (Lipinski definition) is 7. The van der Waals surface area contributed by atoms with Gasteiger partial charge in [-0.3, -0.25) is 14.4 Å². The number of ether oxygens (including phenoxy) is 3. The van der Waals surface area contributed by atoms with Gasteiger partial charge in [0, 0.05) is 36.0 Å². The van der Waals surface area contributed by atoms with Crippen LogP contribution in [0, 0.1) is 0 Å². The van der Waals surface area contributed by atoms with Crippen molar-refractivity contribution in [1.82, 2.24) is 5.32 Å². The first kappa shape index (κ1) is 32.1. The van der Waals surface area contributed by atoms with Crippen molar-refractivity contribution >= 4 is 35.9 Å². The highest BCUT2D eigenvalue weighted by Gasteiger charge is 2.50. The Bertz CT molecular complexity index is 1510. The van der Waals surface area contributed by atoms with Gasteiger partial charge in [-0.25, -0.2) is 4.79 Å². The first-order chi connectivity index (χ1) is 19.8. The van der Waals surface area contributed by atoms with E-state index in [-0.39, 0.29) is 46.8 Å². The maximum Gasteiger partial charge on any atom is 0.404 e. The van der Waals surface area contributed by atoms with Crippen LogP contribution in [0.4, 0.5) is 4.79 Å². The third-order valence-electron chi connectivity index (χ3n) is 8.07. The van der Waals surface area contributed by atoms with Gasteiger partial charge in [0.25, 0.3) is 0 Å². The summed E-state index contributed by atoms with van der Waals surface area (Å²) < 4.78 is 17.0. The largest absolute Gasteiger partial charge is 0.507 e. The van der Waals surface area contributed by atoms with E-state index in [9.17, 15) is 49.8 Å². The molecule has 0 saturated carbocycles. The van der Waals surface area contributed by atoms with Crippen LogP contribution >= 0.6 is 12.4 Å². The topological polar surface area (TPSA) is 229 Å².